The Labute approximate surface area is 172 Å². The highest BCUT2D eigenvalue weighted by Crippen LogP contribution is 2.32. The molecule has 2 saturated heterocycles. The van der Waals surface area contributed by atoms with Gasteiger partial charge in [0.1, 0.15) is 11.5 Å². The van der Waals surface area contributed by atoms with Crippen molar-refractivity contribution in [2.45, 2.75) is 25.7 Å². The number of halogens is 1. The van der Waals surface area contributed by atoms with Gasteiger partial charge in [-0.1, -0.05) is 0 Å². The minimum Gasteiger partial charge on any atom is -0.497 e. The molecule has 2 atom stereocenters. The molecule has 156 valence electrons. The quantitative estimate of drug-likeness (QED) is 0.717. The minimum absolute atomic E-state index is 0. The zero-order valence-electron chi connectivity index (χ0n) is 16.5. The van der Waals surface area contributed by atoms with Crippen molar-refractivity contribution in [3.63, 3.8) is 0 Å². The summed E-state index contributed by atoms with van der Waals surface area (Å²) in [5, 5.41) is 6.41. The fourth-order valence-corrected chi connectivity index (χ4v) is 3.80. The molecule has 0 radical (unpaired) electrons. The van der Waals surface area contributed by atoms with Crippen molar-refractivity contribution >= 4 is 29.9 Å². The second-order valence-electron chi connectivity index (χ2n) is 7.27. The maximum atomic E-state index is 12.5. The lowest BCUT2D eigenvalue weighted by Gasteiger charge is -2.23. The highest BCUT2D eigenvalue weighted by Gasteiger charge is 2.35. The van der Waals surface area contributed by atoms with E-state index in [1.807, 2.05) is 0 Å². The van der Waals surface area contributed by atoms with Crippen LogP contribution in [0.1, 0.15) is 25.7 Å². The number of hydrogen-bond donors (Lipinski definition) is 2. The summed E-state index contributed by atoms with van der Waals surface area (Å²) in [6.45, 7) is 3.18. The first-order valence-electron chi connectivity index (χ1n) is 9.62. The Morgan fingerprint density at radius 3 is 2.57 bits per heavy atom. The smallest absolute Gasteiger partial charge is 0.227 e. The second kappa shape index (κ2) is 10.5. The van der Waals surface area contributed by atoms with Crippen LogP contribution in [0, 0.1) is 11.8 Å². The standard InChI is InChI=1S/C20H29N3O4.ClH/c1-26-17-9-16(10-18(11-17)27-2)23-13-15(8-19(23)24)20(25)22-7-5-14-4-3-6-21-12-14;/h9-11,14-15,21H,3-8,12-13H2,1-2H3,(H,22,25);1H. The number of nitrogens with zero attached hydrogens (tertiary/aromatic N) is 1. The maximum Gasteiger partial charge on any atom is 0.227 e. The van der Waals surface area contributed by atoms with Crippen LogP contribution in [-0.4, -0.2) is 52.2 Å². The summed E-state index contributed by atoms with van der Waals surface area (Å²) < 4.78 is 10.5. The summed E-state index contributed by atoms with van der Waals surface area (Å²) in [5.74, 6) is 1.45. The summed E-state index contributed by atoms with van der Waals surface area (Å²) in [4.78, 5) is 26.6. The molecule has 2 amide bonds. The van der Waals surface area contributed by atoms with Crippen molar-refractivity contribution in [2.24, 2.45) is 11.8 Å². The number of ether oxygens (including phenoxy) is 2. The number of nitrogens with one attached hydrogen (secondary N) is 2. The Morgan fingerprint density at radius 2 is 1.96 bits per heavy atom. The number of hydrogen-bond acceptors (Lipinski definition) is 5. The first kappa shape index (κ1) is 22.3. The molecule has 2 aliphatic heterocycles. The molecule has 28 heavy (non-hydrogen) atoms. The van der Waals surface area contributed by atoms with Gasteiger partial charge in [0.15, 0.2) is 0 Å². The lowest BCUT2D eigenvalue weighted by atomic mass is 9.96. The third kappa shape index (κ3) is 5.52. The summed E-state index contributed by atoms with van der Waals surface area (Å²) >= 11 is 0. The third-order valence-corrected chi connectivity index (χ3v) is 5.39. The molecule has 0 spiro atoms. The molecule has 2 unspecified atom stereocenters. The number of piperidine rings is 1. The van der Waals surface area contributed by atoms with Gasteiger partial charge < -0.3 is 25.0 Å². The zero-order chi connectivity index (χ0) is 19.2. The molecule has 0 aromatic heterocycles. The summed E-state index contributed by atoms with van der Waals surface area (Å²) in [7, 11) is 3.14. The van der Waals surface area contributed by atoms with Crippen molar-refractivity contribution in [2.75, 3.05) is 45.3 Å². The van der Waals surface area contributed by atoms with Crippen molar-refractivity contribution in [1.29, 1.82) is 0 Å². The van der Waals surface area contributed by atoms with Gasteiger partial charge >= 0.3 is 0 Å². The SMILES string of the molecule is COc1cc(OC)cc(N2CC(C(=O)NCCC3CCCNC3)CC2=O)c1.Cl. The van der Waals surface area contributed by atoms with Gasteiger partial charge in [0, 0.05) is 37.7 Å². The fourth-order valence-electron chi connectivity index (χ4n) is 3.80. The number of benzene rings is 1. The molecule has 1 aromatic rings. The van der Waals surface area contributed by atoms with E-state index in [9.17, 15) is 9.59 Å². The second-order valence-corrected chi connectivity index (χ2v) is 7.27. The Hall–Kier alpha value is -1.99. The molecule has 0 saturated carbocycles. The maximum absolute atomic E-state index is 12.5. The van der Waals surface area contributed by atoms with E-state index in [0.717, 1.165) is 19.5 Å². The van der Waals surface area contributed by atoms with Crippen LogP contribution in [0.25, 0.3) is 0 Å². The summed E-state index contributed by atoms with van der Waals surface area (Å²) in [6, 6.07) is 5.34. The van der Waals surface area contributed by atoms with Crippen molar-refractivity contribution in [3.8, 4) is 11.5 Å². The van der Waals surface area contributed by atoms with E-state index >= 15 is 0 Å². The van der Waals surface area contributed by atoms with Crippen LogP contribution in [0.15, 0.2) is 18.2 Å². The van der Waals surface area contributed by atoms with E-state index in [2.05, 4.69) is 10.6 Å². The number of carbonyl (C=O) groups excluding carboxylic acids is 2. The Kier molecular flexibility index (Phi) is 8.38. The topological polar surface area (TPSA) is 79.9 Å². The molecule has 2 aliphatic rings. The van der Waals surface area contributed by atoms with Crippen LogP contribution in [0.2, 0.25) is 0 Å². The monoisotopic (exact) mass is 411 g/mol. The minimum atomic E-state index is -0.320. The highest BCUT2D eigenvalue weighted by atomic mass is 35.5. The molecular formula is C20H30ClN3O4. The third-order valence-electron chi connectivity index (χ3n) is 5.39. The predicted octanol–water partition coefficient (Wildman–Crippen LogP) is 1.98. The van der Waals surface area contributed by atoms with E-state index in [1.54, 1.807) is 37.3 Å². The van der Waals surface area contributed by atoms with Crippen LogP contribution >= 0.6 is 12.4 Å². The van der Waals surface area contributed by atoms with Crippen LogP contribution in [0.4, 0.5) is 5.69 Å². The largest absolute Gasteiger partial charge is 0.497 e. The van der Waals surface area contributed by atoms with Crippen LogP contribution in [0.5, 0.6) is 11.5 Å². The molecule has 0 aliphatic carbocycles. The van der Waals surface area contributed by atoms with Gasteiger partial charge in [0.2, 0.25) is 11.8 Å². The number of methoxy groups -OCH3 is 2. The Balaban J connectivity index is 0.00000280. The average Bonchev–Trinajstić information content (AvgIpc) is 3.10. The van der Waals surface area contributed by atoms with E-state index in [0.29, 0.717) is 36.2 Å². The van der Waals surface area contributed by atoms with Gasteiger partial charge in [0.05, 0.1) is 25.8 Å². The first-order valence-corrected chi connectivity index (χ1v) is 9.62. The highest BCUT2D eigenvalue weighted by molar-refractivity contribution is 6.00. The zero-order valence-corrected chi connectivity index (χ0v) is 17.3. The van der Waals surface area contributed by atoms with Crippen molar-refractivity contribution in [3.05, 3.63) is 18.2 Å². The van der Waals surface area contributed by atoms with Crippen LogP contribution in [-0.2, 0) is 9.59 Å². The van der Waals surface area contributed by atoms with Gasteiger partial charge in [-0.3, -0.25) is 9.59 Å². The fraction of sp³-hybridized carbons (Fsp3) is 0.600. The van der Waals surface area contributed by atoms with Crippen LogP contribution < -0.4 is 25.0 Å². The number of anilines is 1. The number of rotatable bonds is 7. The summed E-state index contributed by atoms with van der Waals surface area (Å²) in [5.41, 5.74) is 0.694. The van der Waals surface area contributed by atoms with Gasteiger partial charge in [-0.05, 0) is 38.3 Å². The van der Waals surface area contributed by atoms with E-state index < -0.39 is 0 Å². The van der Waals surface area contributed by atoms with E-state index in [-0.39, 0.29) is 36.6 Å². The average molecular weight is 412 g/mol. The Bertz CT molecular complexity index is 657. The van der Waals surface area contributed by atoms with Crippen molar-refractivity contribution in [1.82, 2.24) is 10.6 Å². The van der Waals surface area contributed by atoms with Gasteiger partial charge in [-0.25, -0.2) is 0 Å². The molecule has 2 heterocycles. The number of carbonyl (C=O) groups is 2. The van der Waals surface area contributed by atoms with E-state index in [4.69, 9.17) is 9.47 Å². The Morgan fingerprint density at radius 1 is 1.25 bits per heavy atom. The van der Waals surface area contributed by atoms with Gasteiger partial charge in [-0.2, -0.15) is 0 Å². The summed E-state index contributed by atoms with van der Waals surface area (Å²) in [6.07, 6.45) is 3.64. The lowest BCUT2D eigenvalue weighted by molar-refractivity contribution is -0.126. The molecule has 8 heteroatoms. The lowest BCUT2D eigenvalue weighted by Crippen LogP contribution is -2.36. The first-order chi connectivity index (χ1) is 13.1. The molecule has 2 N–H and O–H groups in total. The molecule has 0 bridgehead atoms. The van der Waals surface area contributed by atoms with E-state index in [1.165, 1.54) is 12.8 Å². The normalized spacial score (nSPS) is 21.8. The molecule has 1 aromatic carbocycles. The molecule has 7 nitrogen and oxygen atoms in total. The molecular weight excluding hydrogens is 382 g/mol. The van der Waals surface area contributed by atoms with Gasteiger partial charge in [-0.15, -0.1) is 12.4 Å². The number of amides is 2. The van der Waals surface area contributed by atoms with Crippen molar-refractivity contribution < 1.29 is 19.1 Å². The molecule has 2 fully saturated rings. The molecule has 3 rings (SSSR count). The van der Waals surface area contributed by atoms with Gasteiger partial charge in [0.25, 0.3) is 0 Å². The predicted molar refractivity (Wildman–Crippen MR) is 110 cm³/mol. The van der Waals surface area contributed by atoms with Crippen LogP contribution in [0.3, 0.4) is 0 Å².